The van der Waals surface area contributed by atoms with E-state index in [4.69, 9.17) is 21.1 Å². The van der Waals surface area contributed by atoms with Gasteiger partial charge in [0.2, 0.25) is 0 Å². The van der Waals surface area contributed by atoms with Gasteiger partial charge < -0.3 is 4.74 Å². The van der Waals surface area contributed by atoms with E-state index in [-0.39, 0.29) is 19.7 Å². The molecule has 20 heavy (non-hydrogen) atoms. The number of hydrogen-bond donors (Lipinski definition) is 2. The molecule has 7 heteroatoms. The molecule has 1 aromatic carbocycles. The molecule has 0 heterocycles. The summed E-state index contributed by atoms with van der Waals surface area (Å²) in [6.45, 7) is 0.988. The number of nitrogens with two attached hydrogens (primary N) is 1. The highest BCUT2D eigenvalue weighted by molar-refractivity contribution is 5.96. The molecular formula is C13H15N5O2. The predicted octanol–water partition coefficient (Wildman–Crippen LogP) is 0.0181. The van der Waals surface area contributed by atoms with Crippen molar-refractivity contribution < 1.29 is 9.53 Å². The van der Waals surface area contributed by atoms with Crippen LogP contribution < -0.4 is 16.0 Å². The first-order valence-corrected chi connectivity index (χ1v) is 5.92. The van der Waals surface area contributed by atoms with Crippen LogP contribution in [-0.4, -0.2) is 37.0 Å². The average molecular weight is 273 g/mol. The Labute approximate surface area is 117 Å². The van der Waals surface area contributed by atoms with Crippen LogP contribution in [0.25, 0.3) is 0 Å². The number of benzene rings is 1. The van der Waals surface area contributed by atoms with Crippen LogP contribution in [0.15, 0.2) is 24.3 Å². The minimum Gasteiger partial charge on any atom is -0.491 e. The van der Waals surface area contributed by atoms with E-state index in [0.717, 1.165) is 0 Å². The highest BCUT2D eigenvalue weighted by Crippen LogP contribution is 2.17. The second-order valence-electron chi connectivity index (χ2n) is 3.84. The van der Waals surface area contributed by atoms with Crippen LogP contribution in [0.3, 0.4) is 0 Å². The van der Waals surface area contributed by atoms with Crippen LogP contribution in [0.4, 0.5) is 0 Å². The van der Waals surface area contributed by atoms with Gasteiger partial charge >= 0.3 is 0 Å². The number of ether oxygens (including phenoxy) is 1. The normalized spacial score (nSPS) is 9.60. The van der Waals surface area contributed by atoms with Gasteiger partial charge in [0.15, 0.2) is 0 Å². The van der Waals surface area contributed by atoms with Gasteiger partial charge in [-0.3, -0.25) is 15.1 Å². The van der Waals surface area contributed by atoms with Crippen molar-refractivity contribution in [2.45, 2.75) is 0 Å². The number of nitrogen functional groups attached to an aromatic ring is 1. The molecule has 1 aromatic rings. The molecule has 0 saturated heterocycles. The molecule has 0 radical (unpaired) electrons. The van der Waals surface area contributed by atoms with Crippen molar-refractivity contribution in [2.75, 3.05) is 26.2 Å². The smallest absolute Gasteiger partial charge is 0.268 e. The lowest BCUT2D eigenvalue weighted by Gasteiger charge is -2.16. The molecule has 1 amide bonds. The molecule has 0 atom stereocenters. The second kappa shape index (κ2) is 8.48. The number of hydrogen-bond acceptors (Lipinski definition) is 6. The number of carbonyl (C=O) groups is 1. The van der Waals surface area contributed by atoms with Gasteiger partial charge in [0, 0.05) is 6.54 Å². The molecule has 0 aromatic heterocycles. The Morgan fingerprint density at radius 1 is 1.30 bits per heavy atom. The van der Waals surface area contributed by atoms with Crippen LogP contribution in [0.1, 0.15) is 10.4 Å². The number of para-hydroxylation sites is 1. The number of nitriles is 2. The van der Waals surface area contributed by atoms with E-state index in [1.165, 1.54) is 0 Å². The molecule has 104 valence electrons. The van der Waals surface area contributed by atoms with Gasteiger partial charge in [0.1, 0.15) is 12.4 Å². The van der Waals surface area contributed by atoms with Crippen LogP contribution in [0, 0.1) is 22.7 Å². The van der Waals surface area contributed by atoms with E-state index < -0.39 is 5.91 Å². The molecular weight excluding hydrogens is 258 g/mol. The number of carbonyl (C=O) groups excluding carboxylic acids is 1. The lowest BCUT2D eigenvalue weighted by Crippen LogP contribution is -2.31. The summed E-state index contributed by atoms with van der Waals surface area (Å²) in [5.41, 5.74) is 2.38. The Bertz CT molecular complexity index is 516. The fraction of sp³-hybridized carbons (Fsp3) is 0.308. The lowest BCUT2D eigenvalue weighted by molar-refractivity contribution is 0.0949. The number of nitrogens with one attached hydrogen (secondary N) is 1. The van der Waals surface area contributed by atoms with Crippen molar-refractivity contribution in [1.29, 1.82) is 10.5 Å². The fourth-order valence-corrected chi connectivity index (χ4v) is 1.56. The van der Waals surface area contributed by atoms with Crippen molar-refractivity contribution in [3.8, 4) is 17.9 Å². The van der Waals surface area contributed by atoms with Gasteiger partial charge in [-0.05, 0) is 12.1 Å². The monoisotopic (exact) mass is 273 g/mol. The van der Waals surface area contributed by atoms with Crippen molar-refractivity contribution in [1.82, 2.24) is 10.3 Å². The van der Waals surface area contributed by atoms with E-state index in [0.29, 0.717) is 17.9 Å². The van der Waals surface area contributed by atoms with Crippen molar-refractivity contribution in [2.24, 2.45) is 5.84 Å². The molecule has 0 saturated carbocycles. The second-order valence-corrected chi connectivity index (χ2v) is 3.84. The number of nitrogens with zero attached hydrogens (tertiary/aromatic N) is 3. The Kier molecular flexibility index (Phi) is 6.55. The molecule has 0 aliphatic heterocycles. The topological polar surface area (TPSA) is 115 Å². The summed E-state index contributed by atoms with van der Waals surface area (Å²) in [6, 6.07) is 10.7. The molecule has 0 unspecified atom stereocenters. The summed E-state index contributed by atoms with van der Waals surface area (Å²) in [6.07, 6.45) is 0. The van der Waals surface area contributed by atoms with Crippen molar-refractivity contribution >= 4 is 5.91 Å². The summed E-state index contributed by atoms with van der Waals surface area (Å²) in [5, 5.41) is 17.2. The first-order chi connectivity index (χ1) is 9.72. The molecule has 0 aliphatic carbocycles. The van der Waals surface area contributed by atoms with E-state index in [2.05, 4.69) is 0 Å². The highest BCUT2D eigenvalue weighted by atomic mass is 16.5. The van der Waals surface area contributed by atoms with Crippen LogP contribution >= 0.6 is 0 Å². The number of hydrazine groups is 1. The Balaban J connectivity index is 2.60. The zero-order valence-corrected chi connectivity index (χ0v) is 10.9. The van der Waals surface area contributed by atoms with Gasteiger partial charge in [-0.25, -0.2) is 5.84 Å². The van der Waals surface area contributed by atoms with Crippen LogP contribution in [0.5, 0.6) is 5.75 Å². The average Bonchev–Trinajstić information content (AvgIpc) is 2.47. The van der Waals surface area contributed by atoms with Gasteiger partial charge in [0.25, 0.3) is 5.91 Å². The molecule has 1 rings (SSSR count). The zero-order chi connectivity index (χ0) is 14.8. The summed E-state index contributed by atoms with van der Waals surface area (Å²) in [7, 11) is 0. The third-order valence-electron chi connectivity index (χ3n) is 2.52. The zero-order valence-electron chi connectivity index (χ0n) is 10.9. The lowest BCUT2D eigenvalue weighted by atomic mass is 10.2. The molecule has 0 spiro atoms. The van der Waals surface area contributed by atoms with Crippen LogP contribution in [0.2, 0.25) is 0 Å². The van der Waals surface area contributed by atoms with E-state index >= 15 is 0 Å². The van der Waals surface area contributed by atoms with E-state index in [1.54, 1.807) is 29.2 Å². The molecule has 7 nitrogen and oxygen atoms in total. The Morgan fingerprint density at radius 2 is 1.95 bits per heavy atom. The third kappa shape index (κ3) is 4.58. The Morgan fingerprint density at radius 3 is 2.55 bits per heavy atom. The van der Waals surface area contributed by atoms with Gasteiger partial charge in [-0.1, -0.05) is 12.1 Å². The minimum absolute atomic E-state index is 0.155. The molecule has 3 N–H and O–H groups in total. The summed E-state index contributed by atoms with van der Waals surface area (Å²) in [4.78, 5) is 13.2. The number of amides is 1. The largest absolute Gasteiger partial charge is 0.491 e. The third-order valence-corrected chi connectivity index (χ3v) is 2.52. The van der Waals surface area contributed by atoms with Crippen molar-refractivity contribution in [3.63, 3.8) is 0 Å². The predicted molar refractivity (Wildman–Crippen MR) is 71.3 cm³/mol. The minimum atomic E-state index is -0.438. The SMILES string of the molecule is N#CCN(CC#N)CCOc1ccccc1C(=O)NN. The fourth-order valence-electron chi connectivity index (χ4n) is 1.56. The van der Waals surface area contributed by atoms with E-state index in [1.807, 2.05) is 17.6 Å². The van der Waals surface area contributed by atoms with Crippen molar-refractivity contribution in [3.05, 3.63) is 29.8 Å². The maximum atomic E-state index is 11.5. The summed E-state index contributed by atoms with van der Waals surface area (Å²) < 4.78 is 5.51. The highest BCUT2D eigenvalue weighted by Gasteiger charge is 2.11. The maximum absolute atomic E-state index is 11.5. The standard InChI is InChI=1S/C13H15N5O2/c14-5-7-18(8-6-15)9-10-20-12-4-2-1-3-11(12)13(19)17-16/h1-4H,7-10,16H2,(H,17,19). The molecule has 0 fully saturated rings. The quantitative estimate of drug-likeness (QED) is 0.313. The first-order valence-electron chi connectivity index (χ1n) is 5.92. The summed E-state index contributed by atoms with van der Waals surface area (Å²) >= 11 is 0. The maximum Gasteiger partial charge on any atom is 0.268 e. The summed E-state index contributed by atoms with van der Waals surface area (Å²) in [5.74, 6) is 5.06. The van der Waals surface area contributed by atoms with Gasteiger partial charge in [0.05, 0.1) is 30.8 Å². The first kappa shape index (κ1) is 15.4. The van der Waals surface area contributed by atoms with E-state index in [9.17, 15) is 4.79 Å². The van der Waals surface area contributed by atoms with Gasteiger partial charge in [-0.15, -0.1) is 0 Å². The van der Waals surface area contributed by atoms with Crippen LogP contribution in [-0.2, 0) is 0 Å². The number of rotatable bonds is 7. The Hall–Kier alpha value is -2.61. The molecule has 0 bridgehead atoms. The molecule has 0 aliphatic rings. The van der Waals surface area contributed by atoms with Gasteiger partial charge in [-0.2, -0.15) is 10.5 Å².